The number of aromatic amines is 1. The number of amides is 1. The number of para-hydroxylation sites is 1. The minimum absolute atomic E-state index is 0.0384. The summed E-state index contributed by atoms with van der Waals surface area (Å²) in [5.41, 5.74) is 0.479. The smallest absolute Gasteiger partial charge is 0.345 e. The van der Waals surface area contributed by atoms with Crippen molar-refractivity contribution in [3.63, 3.8) is 0 Å². The quantitative estimate of drug-likeness (QED) is 0.905. The molecular formula is C19H23N3O3. The van der Waals surface area contributed by atoms with E-state index < -0.39 is 5.69 Å². The van der Waals surface area contributed by atoms with E-state index >= 15 is 0 Å². The Morgan fingerprint density at radius 3 is 2.84 bits per heavy atom. The van der Waals surface area contributed by atoms with Crippen molar-refractivity contribution < 1.29 is 9.53 Å². The predicted molar refractivity (Wildman–Crippen MR) is 94.8 cm³/mol. The summed E-state index contributed by atoms with van der Waals surface area (Å²) in [6.07, 6.45) is 1.43. The SMILES string of the molecule is CC(C)Cc1cc(C(=O)N2CC[C@H](Oc3ccccc3)C2)nc(=O)[nH]1. The Morgan fingerprint density at radius 1 is 1.36 bits per heavy atom. The molecule has 1 aliphatic rings. The van der Waals surface area contributed by atoms with Crippen LogP contribution in [-0.4, -0.2) is 40.0 Å². The first-order valence-electron chi connectivity index (χ1n) is 8.62. The van der Waals surface area contributed by atoms with E-state index in [0.717, 1.165) is 17.9 Å². The molecule has 1 N–H and O–H groups in total. The lowest BCUT2D eigenvalue weighted by molar-refractivity contribution is 0.0766. The third kappa shape index (κ3) is 4.47. The second kappa shape index (κ2) is 7.51. The predicted octanol–water partition coefficient (Wildman–Crippen LogP) is 2.26. The van der Waals surface area contributed by atoms with Crippen molar-refractivity contribution in [2.24, 2.45) is 5.92 Å². The van der Waals surface area contributed by atoms with Gasteiger partial charge in [-0.1, -0.05) is 32.0 Å². The fourth-order valence-electron chi connectivity index (χ4n) is 3.03. The van der Waals surface area contributed by atoms with Crippen LogP contribution in [0.3, 0.4) is 0 Å². The highest BCUT2D eigenvalue weighted by atomic mass is 16.5. The number of hydrogen-bond acceptors (Lipinski definition) is 4. The Hall–Kier alpha value is -2.63. The van der Waals surface area contributed by atoms with E-state index in [0.29, 0.717) is 25.4 Å². The lowest BCUT2D eigenvalue weighted by Crippen LogP contribution is -2.33. The molecule has 1 saturated heterocycles. The van der Waals surface area contributed by atoms with Crippen molar-refractivity contribution in [3.8, 4) is 5.75 Å². The second-order valence-corrected chi connectivity index (χ2v) is 6.79. The molecule has 2 heterocycles. The molecule has 0 radical (unpaired) electrons. The number of benzene rings is 1. The van der Waals surface area contributed by atoms with Crippen LogP contribution >= 0.6 is 0 Å². The molecule has 0 aliphatic carbocycles. The fraction of sp³-hybridized carbons (Fsp3) is 0.421. The molecule has 1 amide bonds. The molecule has 6 heteroatoms. The average Bonchev–Trinajstić information content (AvgIpc) is 3.02. The van der Waals surface area contributed by atoms with Gasteiger partial charge in [0.15, 0.2) is 0 Å². The van der Waals surface area contributed by atoms with Gasteiger partial charge in [0, 0.05) is 18.7 Å². The van der Waals surface area contributed by atoms with Crippen molar-refractivity contribution in [1.82, 2.24) is 14.9 Å². The lowest BCUT2D eigenvalue weighted by atomic mass is 10.1. The van der Waals surface area contributed by atoms with Gasteiger partial charge in [0.2, 0.25) is 0 Å². The number of carbonyl (C=O) groups is 1. The highest BCUT2D eigenvalue weighted by molar-refractivity contribution is 5.92. The van der Waals surface area contributed by atoms with Crippen LogP contribution in [0.15, 0.2) is 41.2 Å². The Kier molecular flexibility index (Phi) is 5.16. The summed E-state index contributed by atoms with van der Waals surface area (Å²) in [7, 11) is 0. The fourth-order valence-corrected chi connectivity index (χ4v) is 3.03. The van der Waals surface area contributed by atoms with Crippen molar-refractivity contribution in [1.29, 1.82) is 0 Å². The van der Waals surface area contributed by atoms with Crippen LogP contribution in [-0.2, 0) is 6.42 Å². The van der Waals surface area contributed by atoms with Crippen LogP contribution in [0.1, 0.15) is 36.5 Å². The van der Waals surface area contributed by atoms with Gasteiger partial charge in [0.25, 0.3) is 5.91 Å². The van der Waals surface area contributed by atoms with Gasteiger partial charge in [-0.3, -0.25) is 4.79 Å². The molecule has 1 atom stereocenters. The van der Waals surface area contributed by atoms with Crippen LogP contribution in [0, 0.1) is 5.92 Å². The van der Waals surface area contributed by atoms with Crippen molar-refractivity contribution in [2.75, 3.05) is 13.1 Å². The summed E-state index contributed by atoms with van der Waals surface area (Å²) < 4.78 is 5.91. The number of ether oxygens (including phenoxy) is 1. The Balaban J connectivity index is 1.67. The first kappa shape index (κ1) is 17.2. The van der Waals surface area contributed by atoms with Gasteiger partial charge in [0.05, 0.1) is 6.54 Å². The molecule has 0 bridgehead atoms. The standard InChI is InChI=1S/C19H23N3O3/c1-13(2)10-14-11-17(21-19(24)20-14)18(23)22-9-8-16(12-22)25-15-6-4-3-5-7-15/h3-7,11,13,16H,8-10,12H2,1-2H3,(H,20,21,24)/t16-/m0/s1. The first-order valence-corrected chi connectivity index (χ1v) is 8.62. The maximum absolute atomic E-state index is 12.7. The number of nitrogens with one attached hydrogen (secondary N) is 1. The van der Waals surface area contributed by atoms with Gasteiger partial charge in [-0.25, -0.2) is 4.79 Å². The third-order valence-corrected chi connectivity index (χ3v) is 4.13. The highest BCUT2D eigenvalue weighted by Gasteiger charge is 2.29. The van der Waals surface area contributed by atoms with Gasteiger partial charge >= 0.3 is 5.69 Å². The minimum atomic E-state index is -0.474. The molecule has 25 heavy (non-hydrogen) atoms. The number of H-pyrrole nitrogens is 1. The van der Waals surface area contributed by atoms with Crippen molar-refractivity contribution in [3.05, 3.63) is 58.3 Å². The molecule has 0 spiro atoms. The summed E-state index contributed by atoms with van der Waals surface area (Å²) in [4.78, 5) is 32.7. The Morgan fingerprint density at radius 2 is 2.12 bits per heavy atom. The minimum Gasteiger partial charge on any atom is -0.489 e. The molecule has 1 aromatic heterocycles. The second-order valence-electron chi connectivity index (χ2n) is 6.79. The van der Waals surface area contributed by atoms with Crippen LogP contribution < -0.4 is 10.4 Å². The zero-order chi connectivity index (χ0) is 17.8. The number of nitrogens with zero attached hydrogens (tertiary/aromatic N) is 2. The maximum atomic E-state index is 12.7. The molecule has 6 nitrogen and oxygen atoms in total. The van der Waals surface area contributed by atoms with E-state index in [2.05, 4.69) is 23.8 Å². The summed E-state index contributed by atoms with van der Waals surface area (Å²) in [5.74, 6) is 0.974. The Bertz CT molecular complexity index is 786. The zero-order valence-electron chi connectivity index (χ0n) is 14.6. The lowest BCUT2D eigenvalue weighted by Gasteiger charge is -2.17. The van der Waals surface area contributed by atoms with Crippen LogP contribution in [0.25, 0.3) is 0 Å². The number of aromatic nitrogens is 2. The number of hydrogen-bond donors (Lipinski definition) is 1. The summed E-state index contributed by atoms with van der Waals surface area (Å²) in [6, 6.07) is 11.3. The van der Waals surface area contributed by atoms with E-state index in [1.165, 1.54) is 0 Å². The molecule has 1 aromatic carbocycles. The molecular weight excluding hydrogens is 318 g/mol. The molecule has 0 saturated carbocycles. The average molecular weight is 341 g/mol. The van der Waals surface area contributed by atoms with E-state index in [1.54, 1.807) is 11.0 Å². The van der Waals surface area contributed by atoms with Crippen LogP contribution in [0.2, 0.25) is 0 Å². The third-order valence-electron chi connectivity index (χ3n) is 4.13. The summed E-state index contributed by atoms with van der Waals surface area (Å²) in [5, 5.41) is 0. The normalized spacial score (nSPS) is 17.1. The Labute approximate surface area is 146 Å². The molecule has 1 aliphatic heterocycles. The number of likely N-dealkylation sites (tertiary alicyclic amines) is 1. The van der Waals surface area contributed by atoms with Gasteiger partial charge in [-0.05, 0) is 30.5 Å². The topological polar surface area (TPSA) is 75.3 Å². The number of carbonyl (C=O) groups excluding carboxylic acids is 1. The van der Waals surface area contributed by atoms with Crippen molar-refractivity contribution >= 4 is 5.91 Å². The molecule has 2 aromatic rings. The summed E-state index contributed by atoms with van der Waals surface area (Å²) in [6.45, 7) is 5.23. The largest absolute Gasteiger partial charge is 0.489 e. The van der Waals surface area contributed by atoms with Gasteiger partial charge in [-0.15, -0.1) is 0 Å². The van der Waals surface area contributed by atoms with Crippen molar-refractivity contribution in [2.45, 2.75) is 32.8 Å². The number of rotatable bonds is 5. The maximum Gasteiger partial charge on any atom is 0.345 e. The summed E-state index contributed by atoms with van der Waals surface area (Å²) >= 11 is 0. The molecule has 0 unspecified atom stereocenters. The zero-order valence-corrected chi connectivity index (χ0v) is 14.6. The van der Waals surface area contributed by atoms with Gasteiger partial charge < -0.3 is 14.6 Å². The van der Waals surface area contributed by atoms with E-state index in [9.17, 15) is 9.59 Å². The molecule has 1 fully saturated rings. The van der Waals surface area contributed by atoms with Crippen LogP contribution in [0.5, 0.6) is 5.75 Å². The van der Waals surface area contributed by atoms with E-state index in [1.807, 2.05) is 30.3 Å². The van der Waals surface area contributed by atoms with Gasteiger partial charge in [-0.2, -0.15) is 4.98 Å². The van der Waals surface area contributed by atoms with Crippen LogP contribution in [0.4, 0.5) is 0 Å². The highest BCUT2D eigenvalue weighted by Crippen LogP contribution is 2.19. The molecule has 3 rings (SSSR count). The first-order chi connectivity index (χ1) is 12.0. The monoisotopic (exact) mass is 341 g/mol. The molecule has 132 valence electrons. The van der Waals surface area contributed by atoms with Gasteiger partial charge in [0.1, 0.15) is 17.5 Å². The van der Waals surface area contributed by atoms with E-state index in [-0.39, 0.29) is 17.7 Å². The van der Waals surface area contributed by atoms with E-state index in [4.69, 9.17) is 4.74 Å².